The quantitative estimate of drug-likeness (QED) is 0.532. The standard InChI is InChI=1S/C20H19F3N4O6S/c1-3-33-18(29)25-16-10-13(8-9-24-16)11-26-12(2)17(28)27(19(26)30)14-4-6-15(7-5-14)34(31,32)20(21,22)23/h4-10,28H,3,11H2,1-2H3,(H,24,25,29). The van der Waals surface area contributed by atoms with Gasteiger partial charge >= 0.3 is 17.3 Å². The van der Waals surface area contributed by atoms with E-state index in [0.29, 0.717) is 17.7 Å². The van der Waals surface area contributed by atoms with Gasteiger partial charge in [0.25, 0.3) is 9.84 Å². The van der Waals surface area contributed by atoms with E-state index in [4.69, 9.17) is 4.74 Å². The molecule has 2 aromatic heterocycles. The van der Waals surface area contributed by atoms with Crippen LogP contribution in [0.25, 0.3) is 5.69 Å². The first-order chi connectivity index (χ1) is 15.9. The molecule has 182 valence electrons. The van der Waals surface area contributed by atoms with Gasteiger partial charge < -0.3 is 9.84 Å². The van der Waals surface area contributed by atoms with Crippen LogP contribution in [-0.2, 0) is 21.1 Å². The highest BCUT2D eigenvalue weighted by molar-refractivity contribution is 7.92. The Bertz CT molecular complexity index is 1380. The van der Waals surface area contributed by atoms with E-state index in [1.54, 1.807) is 13.0 Å². The number of anilines is 1. The van der Waals surface area contributed by atoms with E-state index < -0.39 is 37.9 Å². The van der Waals surface area contributed by atoms with Gasteiger partial charge in [-0.2, -0.15) is 13.2 Å². The van der Waals surface area contributed by atoms with Gasteiger partial charge in [-0.1, -0.05) is 0 Å². The minimum absolute atomic E-state index is 0.0359. The molecule has 0 saturated heterocycles. The summed E-state index contributed by atoms with van der Waals surface area (Å²) in [5, 5.41) is 12.9. The third kappa shape index (κ3) is 4.76. The van der Waals surface area contributed by atoms with E-state index in [0.717, 1.165) is 16.7 Å². The minimum Gasteiger partial charge on any atom is -0.493 e. The summed E-state index contributed by atoms with van der Waals surface area (Å²) in [6.45, 7) is 3.22. The zero-order valence-electron chi connectivity index (χ0n) is 17.8. The van der Waals surface area contributed by atoms with Crippen molar-refractivity contribution in [3.8, 4) is 11.6 Å². The van der Waals surface area contributed by atoms with Crippen molar-refractivity contribution in [1.82, 2.24) is 14.1 Å². The molecule has 0 aliphatic heterocycles. The van der Waals surface area contributed by atoms with Crippen LogP contribution < -0.4 is 11.0 Å². The highest BCUT2D eigenvalue weighted by Gasteiger charge is 2.46. The van der Waals surface area contributed by atoms with Gasteiger partial charge in [-0.15, -0.1) is 0 Å². The number of nitrogens with one attached hydrogen (secondary N) is 1. The maximum Gasteiger partial charge on any atom is 0.501 e. The lowest BCUT2D eigenvalue weighted by atomic mass is 10.2. The van der Waals surface area contributed by atoms with Gasteiger partial charge in [0.1, 0.15) is 5.82 Å². The Hall–Kier alpha value is -3.81. The number of aromatic nitrogens is 3. The van der Waals surface area contributed by atoms with Crippen LogP contribution in [0.5, 0.6) is 5.88 Å². The SMILES string of the molecule is CCOC(=O)Nc1cc(Cn2c(C)c(O)n(-c3ccc(S(=O)(=O)C(F)(F)F)cc3)c2=O)ccn1. The zero-order valence-corrected chi connectivity index (χ0v) is 18.6. The molecular weight excluding hydrogens is 481 g/mol. The van der Waals surface area contributed by atoms with E-state index in [2.05, 4.69) is 10.3 Å². The number of sulfone groups is 1. The molecule has 0 aliphatic carbocycles. The molecule has 0 bridgehead atoms. The molecule has 0 saturated carbocycles. The van der Waals surface area contributed by atoms with Crippen molar-refractivity contribution in [3.63, 3.8) is 0 Å². The Balaban J connectivity index is 1.93. The monoisotopic (exact) mass is 500 g/mol. The molecule has 1 amide bonds. The molecule has 14 heteroatoms. The van der Waals surface area contributed by atoms with E-state index in [9.17, 15) is 36.3 Å². The summed E-state index contributed by atoms with van der Waals surface area (Å²) < 4.78 is 68.1. The van der Waals surface area contributed by atoms with Crippen molar-refractivity contribution in [1.29, 1.82) is 0 Å². The molecule has 0 aliphatic rings. The average Bonchev–Trinajstić information content (AvgIpc) is 2.96. The van der Waals surface area contributed by atoms with Crippen LogP contribution in [0.2, 0.25) is 0 Å². The predicted octanol–water partition coefficient (Wildman–Crippen LogP) is 2.96. The van der Waals surface area contributed by atoms with Crippen LogP contribution in [0.1, 0.15) is 18.2 Å². The van der Waals surface area contributed by atoms with Crippen molar-refractivity contribution >= 4 is 21.7 Å². The summed E-state index contributed by atoms with van der Waals surface area (Å²) in [5.41, 5.74) is -5.55. The first kappa shape index (κ1) is 24.8. The highest BCUT2D eigenvalue weighted by atomic mass is 32.2. The third-order valence-corrected chi connectivity index (χ3v) is 6.25. The zero-order chi connectivity index (χ0) is 25.3. The Morgan fingerprint density at radius 3 is 2.44 bits per heavy atom. The molecule has 0 spiro atoms. The lowest BCUT2D eigenvalue weighted by Crippen LogP contribution is -2.25. The molecule has 0 unspecified atom stereocenters. The number of hydrogen-bond acceptors (Lipinski definition) is 7. The Kier molecular flexibility index (Phi) is 6.72. The number of aromatic hydroxyl groups is 1. The van der Waals surface area contributed by atoms with Crippen molar-refractivity contribution in [2.75, 3.05) is 11.9 Å². The van der Waals surface area contributed by atoms with Gasteiger partial charge in [-0.05, 0) is 55.8 Å². The molecule has 0 atom stereocenters. The Morgan fingerprint density at radius 2 is 1.85 bits per heavy atom. The summed E-state index contributed by atoms with van der Waals surface area (Å²) in [7, 11) is -5.56. The molecule has 10 nitrogen and oxygen atoms in total. The number of carbonyl (C=O) groups excluding carboxylic acids is 1. The van der Waals surface area contributed by atoms with E-state index in [1.807, 2.05) is 0 Å². The van der Waals surface area contributed by atoms with E-state index in [-0.39, 0.29) is 30.4 Å². The fourth-order valence-corrected chi connectivity index (χ4v) is 3.82. The number of amides is 1. The van der Waals surface area contributed by atoms with Crippen molar-refractivity contribution in [3.05, 3.63) is 64.3 Å². The second-order valence-corrected chi connectivity index (χ2v) is 8.89. The number of alkyl halides is 3. The van der Waals surface area contributed by atoms with Gasteiger partial charge in [-0.25, -0.2) is 27.6 Å². The van der Waals surface area contributed by atoms with Crippen LogP contribution in [0.3, 0.4) is 0 Å². The van der Waals surface area contributed by atoms with Gasteiger partial charge in [0.15, 0.2) is 0 Å². The molecule has 34 heavy (non-hydrogen) atoms. The summed E-state index contributed by atoms with van der Waals surface area (Å²) >= 11 is 0. The molecule has 3 rings (SSSR count). The maximum absolute atomic E-state index is 13.0. The van der Waals surface area contributed by atoms with Crippen molar-refractivity contribution in [2.45, 2.75) is 30.8 Å². The van der Waals surface area contributed by atoms with Crippen molar-refractivity contribution < 1.29 is 36.2 Å². The van der Waals surface area contributed by atoms with Crippen LogP contribution in [0.15, 0.2) is 52.3 Å². The van der Waals surface area contributed by atoms with Crippen LogP contribution in [0.4, 0.5) is 23.8 Å². The minimum atomic E-state index is -5.56. The first-order valence-electron chi connectivity index (χ1n) is 9.68. The number of rotatable bonds is 6. The molecule has 0 radical (unpaired) electrons. The molecule has 2 heterocycles. The number of halogens is 3. The maximum atomic E-state index is 13.0. The number of imidazole rings is 1. The van der Waals surface area contributed by atoms with Gasteiger partial charge in [0, 0.05) is 6.20 Å². The summed E-state index contributed by atoms with van der Waals surface area (Å²) in [4.78, 5) is 27.5. The van der Waals surface area contributed by atoms with Crippen LogP contribution >= 0.6 is 0 Å². The molecule has 1 aromatic carbocycles. The highest BCUT2D eigenvalue weighted by Crippen LogP contribution is 2.31. The smallest absolute Gasteiger partial charge is 0.493 e. The number of nitrogens with zero attached hydrogens (tertiary/aromatic N) is 3. The lowest BCUT2D eigenvalue weighted by Gasteiger charge is -2.09. The number of pyridine rings is 1. The molecule has 2 N–H and O–H groups in total. The third-order valence-electron chi connectivity index (χ3n) is 4.74. The largest absolute Gasteiger partial charge is 0.501 e. The average molecular weight is 500 g/mol. The number of carbonyl (C=O) groups is 1. The lowest BCUT2D eigenvalue weighted by molar-refractivity contribution is -0.0436. The van der Waals surface area contributed by atoms with Gasteiger partial charge in [0.2, 0.25) is 5.88 Å². The number of ether oxygens (including phenoxy) is 1. The summed E-state index contributed by atoms with van der Waals surface area (Å²) in [6.07, 6.45) is 0.689. The fraction of sp³-hybridized carbons (Fsp3) is 0.250. The second kappa shape index (κ2) is 9.21. The predicted molar refractivity (Wildman–Crippen MR) is 114 cm³/mol. The number of benzene rings is 1. The number of hydrogen-bond donors (Lipinski definition) is 2. The molecule has 3 aromatic rings. The summed E-state index contributed by atoms with van der Waals surface area (Å²) in [6, 6.07) is 6.44. The van der Waals surface area contributed by atoms with Gasteiger partial charge in [0.05, 0.1) is 29.4 Å². The fourth-order valence-electron chi connectivity index (χ4n) is 3.06. The topological polar surface area (TPSA) is 133 Å². The Morgan fingerprint density at radius 1 is 1.21 bits per heavy atom. The van der Waals surface area contributed by atoms with Gasteiger partial charge in [-0.3, -0.25) is 9.88 Å². The van der Waals surface area contributed by atoms with Crippen LogP contribution in [-0.4, -0.2) is 45.9 Å². The molecule has 0 fully saturated rings. The summed E-state index contributed by atoms with van der Waals surface area (Å²) in [5.74, 6) is -0.304. The normalized spacial score (nSPS) is 11.9. The van der Waals surface area contributed by atoms with E-state index >= 15 is 0 Å². The van der Waals surface area contributed by atoms with Crippen molar-refractivity contribution in [2.24, 2.45) is 0 Å². The van der Waals surface area contributed by atoms with Crippen LogP contribution in [0, 0.1) is 6.92 Å². The first-order valence-corrected chi connectivity index (χ1v) is 11.2. The second-order valence-electron chi connectivity index (χ2n) is 6.95. The van der Waals surface area contributed by atoms with E-state index in [1.165, 1.54) is 23.8 Å². The Labute approximate surface area is 191 Å². The molecular formula is C20H19F3N4O6S.